The van der Waals surface area contributed by atoms with Gasteiger partial charge >= 0.3 is 0 Å². The lowest BCUT2D eigenvalue weighted by Crippen LogP contribution is -2.09. The van der Waals surface area contributed by atoms with Crippen molar-refractivity contribution in [2.75, 3.05) is 18.4 Å². The van der Waals surface area contributed by atoms with Crippen LogP contribution in [0.3, 0.4) is 0 Å². The third-order valence-corrected chi connectivity index (χ3v) is 2.58. The van der Waals surface area contributed by atoms with Crippen LogP contribution in [0.5, 0.6) is 0 Å². The van der Waals surface area contributed by atoms with Gasteiger partial charge in [0.1, 0.15) is 11.0 Å². The normalized spacial score (nSPS) is 10.6. The zero-order valence-corrected chi connectivity index (χ0v) is 9.67. The number of aromatic nitrogens is 1. The van der Waals surface area contributed by atoms with Crippen LogP contribution in [0.15, 0.2) is 30.3 Å². The molecule has 3 N–H and O–H groups in total. The van der Waals surface area contributed by atoms with E-state index in [1.807, 2.05) is 30.3 Å². The van der Waals surface area contributed by atoms with E-state index in [4.69, 9.17) is 17.3 Å². The molecular weight excluding hydrogens is 222 g/mol. The minimum atomic E-state index is 0.508. The molecule has 0 unspecified atom stereocenters. The molecule has 0 atom stereocenters. The summed E-state index contributed by atoms with van der Waals surface area (Å²) >= 11 is 5.96. The van der Waals surface area contributed by atoms with Gasteiger partial charge in [0.25, 0.3) is 0 Å². The fourth-order valence-electron chi connectivity index (χ4n) is 1.61. The first kappa shape index (κ1) is 11.2. The summed E-state index contributed by atoms with van der Waals surface area (Å²) in [6.07, 6.45) is 0.919. The maximum absolute atomic E-state index is 5.96. The lowest BCUT2D eigenvalue weighted by atomic mass is 10.1. The molecule has 0 radical (unpaired) electrons. The van der Waals surface area contributed by atoms with Crippen molar-refractivity contribution in [3.05, 3.63) is 35.5 Å². The summed E-state index contributed by atoms with van der Waals surface area (Å²) in [6, 6.07) is 9.90. The van der Waals surface area contributed by atoms with E-state index in [0.717, 1.165) is 29.6 Å². The van der Waals surface area contributed by atoms with Gasteiger partial charge in [-0.1, -0.05) is 35.9 Å². The Morgan fingerprint density at radius 3 is 2.94 bits per heavy atom. The highest BCUT2D eigenvalue weighted by Crippen LogP contribution is 2.24. The van der Waals surface area contributed by atoms with E-state index < -0.39 is 0 Å². The van der Waals surface area contributed by atoms with Crippen LogP contribution < -0.4 is 11.1 Å². The standard InChI is InChI=1S/C12H14ClN3/c13-11-8-9-4-1-2-5-10(9)12(16-11)15-7-3-6-14/h1-2,4-5,8H,3,6-7,14H2,(H,15,16). The summed E-state index contributed by atoms with van der Waals surface area (Å²) in [6.45, 7) is 1.49. The predicted octanol–water partition coefficient (Wildman–Crippen LogP) is 2.65. The first-order chi connectivity index (χ1) is 7.81. The Labute approximate surface area is 99.6 Å². The third kappa shape index (κ3) is 2.43. The van der Waals surface area contributed by atoms with Crippen molar-refractivity contribution in [3.63, 3.8) is 0 Å². The summed E-state index contributed by atoms with van der Waals surface area (Å²) in [7, 11) is 0. The number of benzene rings is 1. The van der Waals surface area contributed by atoms with Crippen LogP contribution in [0, 0.1) is 0 Å². The molecule has 1 heterocycles. The molecule has 0 saturated heterocycles. The Hall–Kier alpha value is -1.32. The van der Waals surface area contributed by atoms with Gasteiger partial charge in [0, 0.05) is 11.9 Å². The second-order valence-corrected chi connectivity index (χ2v) is 3.97. The second kappa shape index (κ2) is 5.14. The Kier molecular flexibility index (Phi) is 3.59. The summed E-state index contributed by atoms with van der Waals surface area (Å²) in [5, 5.41) is 5.94. The largest absolute Gasteiger partial charge is 0.369 e. The van der Waals surface area contributed by atoms with Gasteiger partial charge in [0.2, 0.25) is 0 Å². The number of hydrogen-bond acceptors (Lipinski definition) is 3. The van der Waals surface area contributed by atoms with Crippen molar-refractivity contribution in [1.29, 1.82) is 0 Å². The second-order valence-electron chi connectivity index (χ2n) is 3.58. The number of rotatable bonds is 4. The highest BCUT2D eigenvalue weighted by molar-refractivity contribution is 6.30. The van der Waals surface area contributed by atoms with Crippen LogP contribution >= 0.6 is 11.6 Å². The van der Waals surface area contributed by atoms with Crippen molar-refractivity contribution < 1.29 is 0 Å². The molecule has 0 aliphatic heterocycles. The molecule has 84 valence electrons. The zero-order chi connectivity index (χ0) is 11.4. The summed E-state index contributed by atoms with van der Waals surface area (Å²) in [4.78, 5) is 4.29. The first-order valence-corrected chi connectivity index (χ1v) is 5.68. The molecule has 1 aromatic carbocycles. The fraction of sp³-hybridized carbons (Fsp3) is 0.250. The Bertz CT molecular complexity index is 485. The lowest BCUT2D eigenvalue weighted by Gasteiger charge is -2.08. The molecule has 4 heteroatoms. The highest BCUT2D eigenvalue weighted by Gasteiger charge is 2.03. The van der Waals surface area contributed by atoms with Crippen molar-refractivity contribution in [2.24, 2.45) is 5.73 Å². The average molecular weight is 236 g/mol. The molecule has 1 aromatic heterocycles. The molecule has 0 saturated carbocycles. The molecule has 0 fully saturated rings. The van der Waals surface area contributed by atoms with E-state index in [0.29, 0.717) is 11.7 Å². The van der Waals surface area contributed by atoms with E-state index >= 15 is 0 Å². The smallest absolute Gasteiger partial charge is 0.135 e. The van der Waals surface area contributed by atoms with Crippen molar-refractivity contribution >= 4 is 28.2 Å². The average Bonchev–Trinajstić information content (AvgIpc) is 2.29. The number of nitrogens with two attached hydrogens (primary N) is 1. The molecule has 16 heavy (non-hydrogen) atoms. The number of hydrogen-bond donors (Lipinski definition) is 2. The van der Waals surface area contributed by atoms with E-state index in [1.165, 1.54) is 0 Å². The van der Waals surface area contributed by atoms with Crippen LogP contribution in [0.1, 0.15) is 6.42 Å². The summed E-state index contributed by atoms with van der Waals surface area (Å²) < 4.78 is 0. The van der Waals surface area contributed by atoms with Crippen LogP contribution in [0.4, 0.5) is 5.82 Å². The Morgan fingerprint density at radius 2 is 2.12 bits per heavy atom. The lowest BCUT2D eigenvalue weighted by molar-refractivity contribution is 0.871. The number of fused-ring (bicyclic) bond motifs is 1. The van der Waals surface area contributed by atoms with Crippen LogP contribution in [-0.4, -0.2) is 18.1 Å². The minimum absolute atomic E-state index is 0.508. The molecule has 2 aromatic rings. The van der Waals surface area contributed by atoms with E-state index in [1.54, 1.807) is 0 Å². The van der Waals surface area contributed by atoms with E-state index in [-0.39, 0.29) is 0 Å². The molecule has 0 amide bonds. The molecule has 0 aliphatic carbocycles. The molecule has 0 bridgehead atoms. The molecule has 2 rings (SSSR count). The summed E-state index contributed by atoms with van der Waals surface area (Å²) in [5.41, 5.74) is 5.45. The first-order valence-electron chi connectivity index (χ1n) is 5.30. The minimum Gasteiger partial charge on any atom is -0.369 e. The van der Waals surface area contributed by atoms with Gasteiger partial charge in [-0.2, -0.15) is 0 Å². The van der Waals surface area contributed by atoms with Gasteiger partial charge < -0.3 is 11.1 Å². The van der Waals surface area contributed by atoms with E-state index in [9.17, 15) is 0 Å². The van der Waals surface area contributed by atoms with Crippen LogP contribution in [0.25, 0.3) is 10.8 Å². The van der Waals surface area contributed by atoms with Crippen LogP contribution in [0.2, 0.25) is 5.15 Å². The van der Waals surface area contributed by atoms with Gasteiger partial charge in [-0.15, -0.1) is 0 Å². The van der Waals surface area contributed by atoms with Crippen molar-refractivity contribution in [1.82, 2.24) is 4.98 Å². The summed E-state index contributed by atoms with van der Waals surface area (Å²) in [5.74, 6) is 0.830. The number of pyridine rings is 1. The molecular formula is C12H14ClN3. The number of nitrogens with one attached hydrogen (secondary N) is 1. The maximum Gasteiger partial charge on any atom is 0.135 e. The maximum atomic E-state index is 5.96. The highest BCUT2D eigenvalue weighted by atomic mass is 35.5. The van der Waals surface area contributed by atoms with Gasteiger partial charge in [-0.05, 0) is 24.4 Å². The number of nitrogens with zero attached hydrogens (tertiary/aromatic N) is 1. The Balaban J connectivity index is 2.34. The topological polar surface area (TPSA) is 50.9 Å². The number of anilines is 1. The molecule has 3 nitrogen and oxygen atoms in total. The Morgan fingerprint density at radius 1 is 1.31 bits per heavy atom. The van der Waals surface area contributed by atoms with E-state index in [2.05, 4.69) is 10.3 Å². The SMILES string of the molecule is NCCCNc1nc(Cl)cc2ccccc12. The quantitative estimate of drug-likeness (QED) is 0.633. The monoisotopic (exact) mass is 235 g/mol. The van der Waals surface area contributed by atoms with Crippen LogP contribution in [-0.2, 0) is 0 Å². The van der Waals surface area contributed by atoms with Gasteiger partial charge in [0.05, 0.1) is 0 Å². The predicted molar refractivity (Wildman–Crippen MR) is 68.9 cm³/mol. The zero-order valence-electron chi connectivity index (χ0n) is 8.91. The fourth-order valence-corrected chi connectivity index (χ4v) is 1.81. The van der Waals surface area contributed by atoms with Crippen molar-refractivity contribution in [3.8, 4) is 0 Å². The van der Waals surface area contributed by atoms with Gasteiger partial charge in [0.15, 0.2) is 0 Å². The molecule has 0 spiro atoms. The molecule has 0 aliphatic rings. The third-order valence-electron chi connectivity index (χ3n) is 2.38. The van der Waals surface area contributed by atoms with Gasteiger partial charge in [-0.25, -0.2) is 4.98 Å². The van der Waals surface area contributed by atoms with Crippen molar-refractivity contribution in [2.45, 2.75) is 6.42 Å². The van der Waals surface area contributed by atoms with Gasteiger partial charge in [-0.3, -0.25) is 0 Å². The number of halogens is 1.